The molecule has 9 nitrogen and oxygen atoms in total. The van der Waals surface area contributed by atoms with Crippen LogP contribution in [-0.4, -0.2) is 59.2 Å². The van der Waals surface area contributed by atoms with Gasteiger partial charge in [0.15, 0.2) is 11.6 Å². The monoisotopic (exact) mass is 527 g/mol. The maximum Gasteiger partial charge on any atom is 0.337 e. The van der Waals surface area contributed by atoms with Crippen molar-refractivity contribution < 1.29 is 27.9 Å². The number of imide groups is 1. The van der Waals surface area contributed by atoms with Gasteiger partial charge in [-0.25, -0.2) is 28.1 Å². The zero-order chi connectivity index (χ0) is 27.4. The molecule has 0 bridgehead atoms. The Kier molecular flexibility index (Phi) is 8.35. The van der Waals surface area contributed by atoms with Crippen LogP contribution in [0.1, 0.15) is 56.3 Å². The van der Waals surface area contributed by atoms with Crippen molar-refractivity contribution in [2.24, 2.45) is 0 Å². The summed E-state index contributed by atoms with van der Waals surface area (Å²) in [7, 11) is 1.16. The molecule has 2 aromatic rings. The van der Waals surface area contributed by atoms with Gasteiger partial charge in [-0.3, -0.25) is 9.88 Å². The van der Waals surface area contributed by atoms with Crippen molar-refractivity contribution in [3.05, 3.63) is 76.8 Å². The second kappa shape index (κ2) is 11.7. The first kappa shape index (κ1) is 27.2. The second-order valence-electron chi connectivity index (χ2n) is 9.34. The van der Waals surface area contributed by atoms with E-state index in [1.54, 1.807) is 6.20 Å². The van der Waals surface area contributed by atoms with E-state index >= 15 is 0 Å². The van der Waals surface area contributed by atoms with Gasteiger partial charge in [-0.2, -0.15) is 0 Å². The van der Waals surface area contributed by atoms with Crippen LogP contribution in [0.2, 0.25) is 0 Å². The number of pyridine rings is 1. The molecule has 1 aromatic carbocycles. The first-order chi connectivity index (χ1) is 18.2. The number of likely N-dealkylation sites (tertiary alicyclic amines) is 1. The number of methoxy groups -OCH3 is 1. The Labute approximate surface area is 219 Å². The summed E-state index contributed by atoms with van der Waals surface area (Å²) in [6.07, 6.45) is 3.67. The number of halogens is 2. The minimum atomic E-state index is -1.32. The fourth-order valence-corrected chi connectivity index (χ4v) is 5.11. The molecule has 2 N–H and O–H groups in total. The number of aromatic nitrogens is 1. The van der Waals surface area contributed by atoms with Crippen LogP contribution < -0.4 is 10.6 Å². The van der Waals surface area contributed by atoms with Crippen molar-refractivity contribution in [2.45, 2.75) is 51.2 Å². The third-order valence-corrected chi connectivity index (χ3v) is 7.09. The van der Waals surface area contributed by atoms with Gasteiger partial charge in [0.2, 0.25) is 0 Å². The molecule has 1 saturated heterocycles. The standard InChI is InChI=1S/C27H31F2N5O4/c1-4-22(33-13-10-17(11-14-33)21-7-5-6-12-30-21)32-27(37)34-24(18-8-9-19(28)20(29)15-18)23(25(35)38-3)16(2)31-26(34)36/h5-9,12,15,17,22,24H,4,10-11,13-14H2,1-3H3,(H,31,36)(H,32,37). The predicted molar refractivity (Wildman–Crippen MR) is 135 cm³/mol. The van der Waals surface area contributed by atoms with Crippen LogP contribution in [0.25, 0.3) is 0 Å². The van der Waals surface area contributed by atoms with Crippen LogP contribution >= 0.6 is 0 Å². The van der Waals surface area contributed by atoms with Crippen molar-refractivity contribution in [2.75, 3.05) is 20.2 Å². The van der Waals surface area contributed by atoms with Crippen LogP contribution in [0.4, 0.5) is 18.4 Å². The summed E-state index contributed by atoms with van der Waals surface area (Å²) in [5.74, 6) is -2.75. The van der Waals surface area contributed by atoms with Crippen molar-refractivity contribution in [1.29, 1.82) is 0 Å². The fourth-order valence-electron chi connectivity index (χ4n) is 5.11. The average Bonchev–Trinajstić information content (AvgIpc) is 2.93. The summed E-state index contributed by atoms with van der Waals surface area (Å²) in [4.78, 5) is 46.7. The number of carbonyl (C=O) groups is 3. The molecule has 2 atom stereocenters. The first-order valence-electron chi connectivity index (χ1n) is 12.5. The number of allylic oxidation sites excluding steroid dienone is 1. The lowest BCUT2D eigenvalue weighted by atomic mass is 9.92. The van der Waals surface area contributed by atoms with E-state index in [-0.39, 0.29) is 23.0 Å². The number of ether oxygens (including phenoxy) is 1. The summed E-state index contributed by atoms with van der Waals surface area (Å²) in [6, 6.07) is 5.96. The summed E-state index contributed by atoms with van der Waals surface area (Å²) in [5, 5.41) is 5.42. The van der Waals surface area contributed by atoms with E-state index in [9.17, 15) is 23.2 Å². The SMILES string of the molecule is CCC(NC(=O)N1C(=O)NC(C)=C(C(=O)OC)C1c1ccc(F)c(F)c1)N1CCC(c2ccccn2)CC1. The van der Waals surface area contributed by atoms with Gasteiger partial charge in [0, 0.05) is 36.6 Å². The van der Waals surface area contributed by atoms with Gasteiger partial charge in [0.25, 0.3) is 0 Å². The summed E-state index contributed by atoms with van der Waals surface area (Å²) < 4.78 is 32.8. The van der Waals surface area contributed by atoms with E-state index in [4.69, 9.17) is 4.74 Å². The van der Waals surface area contributed by atoms with Gasteiger partial charge in [-0.1, -0.05) is 19.1 Å². The molecule has 0 spiro atoms. The molecule has 2 unspecified atom stereocenters. The number of hydrogen-bond donors (Lipinski definition) is 2. The molecule has 4 amide bonds. The molecule has 2 aliphatic heterocycles. The fraction of sp³-hybridized carbons (Fsp3) is 0.407. The highest BCUT2D eigenvalue weighted by molar-refractivity contribution is 6.01. The Bertz CT molecular complexity index is 1230. The highest BCUT2D eigenvalue weighted by Gasteiger charge is 2.43. The minimum absolute atomic E-state index is 0.0536. The Hall–Kier alpha value is -3.86. The van der Waals surface area contributed by atoms with E-state index in [0.29, 0.717) is 25.4 Å². The number of urea groups is 2. The molecule has 11 heteroatoms. The lowest BCUT2D eigenvalue weighted by Gasteiger charge is -2.40. The zero-order valence-corrected chi connectivity index (χ0v) is 21.5. The molecule has 4 rings (SSSR count). The Morgan fingerprint density at radius 2 is 1.92 bits per heavy atom. The maximum atomic E-state index is 14.2. The third kappa shape index (κ3) is 5.52. The number of benzene rings is 1. The van der Waals surface area contributed by atoms with Crippen LogP contribution in [0.3, 0.4) is 0 Å². The number of hydrogen-bond acceptors (Lipinski definition) is 6. The molecular formula is C27H31F2N5O4. The summed E-state index contributed by atoms with van der Waals surface area (Å²) in [6.45, 7) is 4.83. The van der Waals surface area contributed by atoms with Crippen molar-refractivity contribution >= 4 is 18.0 Å². The van der Waals surface area contributed by atoms with Gasteiger partial charge < -0.3 is 15.4 Å². The van der Waals surface area contributed by atoms with E-state index in [0.717, 1.165) is 42.7 Å². The number of carbonyl (C=O) groups excluding carboxylic acids is 3. The van der Waals surface area contributed by atoms with Crippen LogP contribution in [0.15, 0.2) is 53.9 Å². The van der Waals surface area contributed by atoms with Crippen LogP contribution in [-0.2, 0) is 9.53 Å². The highest BCUT2D eigenvalue weighted by Crippen LogP contribution is 2.35. The topological polar surface area (TPSA) is 104 Å². The van der Waals surface area contributed by atoms with E-state index in [1.165, 1.54) is 13.0 Å². The maximum absolute atomic E-state index is 14.2. The summed E-state index contributed by atoms with van der Waals surface area (Å²) in [5.41, 5.74) is 1.20. The second-order valence-corrected chi connectivity index (χ2v) is 9.34. The molecule has 1 fully saturated rings. The largest absolute Gasteiger partial charge is 0.466 e. The number of rotatable bonds is 6. The highest BCUT2D eigenvalue weighted by atomic mass is 19.2. The van der Waals surface area contributed by atoms with Gasteiger partial charge >= 0.3 is 18.0 Å². The van der Waals surface area contributed by atoms with Crippen molar-refractivity contribution in [3.63, 3.8) is 0 Å². The first-order valence-corrected chi connectivity index (χ1v) is 12.5. The number of esters is 1. The van der Waals surface area contributed by atoms with Gasteiger partial charge in [0.1, 0.15) is 6.04 Å². The predicted octanol–water partition coefficient (Wildman–Crippen LogP) is 4.20. The number of amides is 4. The van der Waals surface area contributed by atoms with E-state index < -0.39 is 35.7 Å². The van der Waals surface area contributed by atoms with Crippen molar-refractivity contribution in [3.8, 4) is 0 Å². The molecular weight excluding hydrogens is 496 g/mol. The lowest BCUT2D eigenvalue weighted by Crippen LogP contribution is -2.59. The molecule has 0 saturated carbocycles. The lowest BCUT2D eigenvalue weighted by molar-refractivity contribution is -0.136. The molecule has 1 aromatic heterocycles. The Morgan fingerprint density at radius 3 is 2.53 bits per heavy atom. The van der Waals surface area contributed by atoms with E-state index in [1.807, 2.05) is 25.1 Å². The number of piperidine rings is 1. The molecule has 2 aliphatic rings. The van der Waals surface area contributed by atoms with Crippen LogP contribution in [0, 0.1) is 11.6 Å². The van der Waals surface area contributed by atoms with Gasteiger partial charge in [0.05, 0.1) is 18.8 Å². The Balaban J connectivity index is 1.57. The quantitative estimate of drug-likeness (QED) is 0.546. The molecule has 0 radical (unpaired) electrons. The normalized spacial score (nSPS) is 19.7. The number of nitrogens with zero attached hydrogens (tertiary/aromatic N) is 3. The number of nitrogens with one attached hydrogen (secondary N) is 2. The average molecular weight is 528 g/mol. The summed E-state index contributed by atoms with van der Waals surface area (Å²) >= 11 is 0. The molecule has 202 valence electrons. The molecule has 3 heterocycles. The van der Waals surface area contributed by atoms with Gasteiger partial charge in [-0.05, 0) is 56.0 Å². The molecule has 38 heavy (non-hydrogen) atoms. The smallest absolute Gasteiger partial charge is 0.337 e. The zero-order valence-electron chi connectivity index (χ0n) is 21.5. The molecule has 0 aliphatic carbocycles. The van der Waals surface area contributed by atoms with E-state index in [2.05, 4.69) is 20.5 Å². The van der Waals surface area contributed by atoms with Crippen molar-refractivity contribution in [1.82, 2.24) is 25.4 Å². The van der Waals surface area contributed by atoms with Crippen LogP contribution in [0.5, 0.6) is 0 Å². The Morgan fingerprint density at radius 1 is 1.18 bits per heavy atom. The minimum Gasteiger partial charge on any atom is -0.466 e. The van der Waals surface area contributed by atoms with Gasteiger partial charge in [-0.15, -0.1) is 0 Å². The third-order valence-electron chi connectivity index (χ3n) is 7.09.